The lowest BCUT2D eigenvalue weighted by Gasteiger charge is -2.35. The zero-order chi connectivity index (χ0) is 14.8. The second-order valence-electron chi connectivity index (χ2n) is 5.03. The first-order chi connectivity index (χ1) is 10.2. The van der Waals surface area contributed by atoms with Crippen LogP contribution in [0.3, 0.4) is 0 Å². The number of phenols is 1. The van der Waals surface area contributed by atoms with Gasteiger partial charge in [-0.15, -0.1) is 36.2 Å². The minimum absolute atomic E-state index is 0. The summed E-state index contributed by atoms with van der Waals surface area (Å²) in [5.74, 6) is -0.459. The summed E-state index contributed by atoms with van der Waals surface area (Å²) in [5.41, 5.74) is 0.532. The molecule has 3 rings (SSSR count). The van der Waals surface area contributed by atoms with E-state index in [2.05, 4.69) is 10.2 Å². The van der Waals surface area contributed by atoms with Crippen molar-refractivity contribution in [1.82, 2.24) is 10.2 Å². The van der Waals surface area contributed by atoms with Crippen LogP contribution in [0, 0.1) is 5.82 Å². The number of benzene rings is 1. The summed E-state index contributed by atoms with van der Waals surface area (Å²) in [6.45, 7) is 3.45. The Bertz CT molecular complexity index is 621. The lowest BCUT2D eigenvalue weighted by molar-refractivity contribution is 0.198. The molecule has 23 heavy (non-hydrogen) atoms. The quantitative estimate of drug-likeness (QED) is 0.816. The number of aromatic hydroxyl groups is 1. The van der Waals surface area contributed by atoms with Gasteiger partial charge in [0.1, 0.15) is 11.6 Å². The van der Waals surface area contributed by atoms with Gasteiger partial charge in [0.2, 0.25) is 0 Å². The first kappa shape index (κ1) is 20.5. The molecule has 1 atom stereocenters. The van der Waals surface area contributed by atoms with Gasteiger partial charge in [-0.3, -0.25) is 4.90 Å². The van der Waals surface area contributed by atoms with Gasteiger partial charge in [0.05, 0.1) is 11.1 Å². The molecule has 0 bridgehead atoms. The molecule has 1 aromatic heterocycles. The summed E-state index contributed by atoms with van der Waals surface area (Å²) in [7, 11) is 0. The smallest absolute Gasteiger partial charge is 0.139 e. The van der Waals surface area contributed by atoms with Gasteiger partial charge in [-0.1, -0.05) is 17.7 Å². The van der Waals surface area contributed by atoms with Crippen LogP contribution in [0.25, 0.3) is 0 Å². The average molecular weight is 400 g/mol. The van der Waals surface area contributed by atoms with Crippen molar-refractivity contribution in [3.63, 3.8) is 0 Å². The summed E-state index contributed by atoms with van der Waals surface area (Å²) >= 11 is 7.55. The molecule has 0 radical (unpaired) electrons. The molecule has 8 heteroatoms. The van der Waals surface area contributed by atoms with Gasteiger partial charge in [-0.05, 0) is 23.6 Å². The van der Waals surface area contributed by atoms with Crippen molar-refractivity contribution in [3.05, 3.63) is 50.9 Å². The Kier molecular flexibility index (Phi) is 8.07. The minimum Gasteiger partial charge on any atom is -0.506 e. The van der Waals surface area contributed by atoms with Gasteiger partial charge >= 0.3 is 0 Å². The highest BCUT2D eigenvalue weighted by molar-refractivity contribution is 7.10. The molecule has 2 aromatic rings. The van der Waals surface area contributed by atoms with Crippen LogP contribution in [0.5, 0.6) is 5.75 Å². The number of phenolic OH excluding ortho intramolecular Hbond substituents is 1. The lowest BCUT2D eigenvalue weighted by atomic mass is 10.0. The molecule has 1 aliphatic rings. The van der Waals surface area contributed by atoms with Gasteiger partial charge in [0, 0.05) is 36.6 Å². The van der Waals surface area contributed by atoms with Crippen molar-refractivity contribution in [2.75, 3.05) is 26.2 Å². The molecular weight excluding hydrogens is 382 g/mol. The fourth-order valence-corrected chi connectivity index (χ4v) is 3.80. The molecule has 0 amide bonds. The third kappa shape index (κ3) is 4.50. The fourth-order valence-electron chi connectivity index (χ4n) is 2.71. The van der Waals surface area contributed by atoms with E-state index in [4.69, 9.17) is 11.6 Å². The van der Waals surface area contributed by atoms with Crippen molar-refractivity contribution >= 4 is 47.8 Å². The number of piperazine rings is 1. The van der Waals surface area contributed by atoms with E-state index in [0.29, 0.717) is 5.56 Å². The molecule has 0 unspecified atom stereocenters. The van der Waals surface area contributed by atoms with Crippen LogP contribution in [-0.2, 0) is 0 Å². The van der Waals surface area contributed by atoms with Gasteiger partial charge < -0.3 is 10.4 Å². The minimum atomic E-state index is -0.426. The third-order valence-corrected chi connectivity index (χ3v) is 4.89. The van der Waals surface area contributed by atoms with E-state index in [1.807, 2.05) is 17.5 Å². The number of rotatable bonds is 3. The summed E-state index contributed by atoms with van der Waals surface area (Å²) in [4.78, 5) is 3.32. The van der Waals surface area contributed by atoms with E-state index < -0.39 is 5.82 Å². The Labute approximate surface area is 156 Å². The number of hydrogen-bond acceptors (Lipinski definition) is 4. The van der Waals surface area contributed by atoms with Crippen LogP contribution in [0.4, 0.5) is 4.39 Å². The normalized spacial score (nSPS) is 16.3. The number of nitrogens with one attached hydrogen (secondary N) is 1. The average Bonchev–Trinajstić information content (AvgIpc) is 2.99. The molecule has 2 N–H and O–H groups in total. The maximum atomic E-state index is 13.8. The van der Waals surface area contributed by atoms with Crippen molar-refractivity contribution in [1.29, 1.82) is 0 Å². The molecule has 1 saturated heterocycles. The van der Waals surface area contributed by atoms with Gasteiger partial charge in [0.25, 0.3) is 0 Å². The molecule has 1 aliphatic heterocycles. The molecule has 0 aliphatic carbocycles. The van der Waals surface area contributed by atoms with E-state index in [0.717, 1.165) is 37.1 Å². The van der Waals surface area contributed by atoms with E-state index >= 15 is 0 Å². The Balaban J connectivity index is 0.00000132. The SMILES string of the molecule is Cl.Cl.Oc1c(Cl)cc(F)cc1[C@@H](c1cccs1)N1CCNCC1. The molecule has 128 valence electrons. The first-order valence-corrected chi connectivity index (χ1v) is 8.08. The third-order valence-electron chi connectivity index (χ3n) is 3.68. The van der Waals surface area contributed by atoms with Gasteiger partial charge in [-0.25, -0.2) is 4.39 Å². The summed E-state index contributed by atoms with van der Waals surface area (Å²) in [6.07, 6.45) is 0. The van der Waals surface area contributed by atoms with Crippen molar-refractivity contribution in [3.8, 4) is 5.75 Å². The van der Waals surface area contributed by atoms with Crippen molar-refractivity contribution in [2.24, 2.45) is 0 Å². The van der Waals surface area contributed by atoms with E-state index in [9.17, 15) is 9.50 Å². The molecule has 1 aromatic carbocycles. The van der Waals surface area contributed by atoms with Crippen molar-refractivity contribution in [2.45, 2.75) is 6.04 Å². The van der Waals surface area contributed by atoms with Crippen LogP contribution in [0.1, 0.15) is 16.5 Å². The predicted octanol–water partition coefficient (Wildman–Crippen LogP) is 4.08. The Morgan fingerprint density at radius 2 is 1.96 bits per heavy atom. The highest BCUT2D eigenvalue weighted by atomic mass is 35.5. The maximum absolute atomic E-state index is 13.8. The fraction of sp³-hybridized carbons (Fsp3) is 0.333. The van der Waals surface area contributed by atoms with Gasteiger partial charge in [-0.2, -0.15) is 0 Å². The molecule has 0 spiro atoms. The molecule has 1 fully saturated rings. The highest BCUT2D eigenvalue weighted by Gasteiger charge is 2.28. The standard InChI is InChI=1S/C15H16ClFN2OS.2ClH/c16-12-9-10(17)8-11(15(12)20)14(13-2-1-7-21-13)19-5-3-18-4-6-19;;/h1-2,7-9,14,18,20H,3-6H2;2*1H/t14-;;/m0../s1. The summed E-state index contributed by atoms with van der Waals surface area (Å²) in [5, 5.41) is 15.6. The Morgan fingerprint density at radius 1 is 1.26 bits per heavy atom. The van der Waals surface area contributed by atoms with Crippen LogP contribution in [-0.4, -0.2) is 36.2 Å². The molecule has 2 heterocycles. The second-order valence-corrected chi connectivity index (χ2v) is 6.42. The molecule has 0 saturated carbocycles. The van der Waals surface area contributed by atoms with E-state index in [1.165, 1.54) is 6.07 Å². The van der Waals surface area contributed by atoms with E-state index in [-0.39, 0.29) is 41.6 Å². The lowest BCUT2D eigenvalue weighted by Crippen LogP contribution is -2.45. The van der Waals surface area contributed by atoms with Crippen LogP contribution in [0.15, 0.2) is 29.6 Å². The largest absolute Gasteiger partial charge is 0.506 e. The van der Waals surface area contributed by atoms with Gasteiger partial charge in [0.15, 0.2) is 0 Å². The van der Waals surface area contributed by atoms with E-state index in [1.54, 1.807) is 11.3 Å². The zero-order valence-electron chi connectivity index (χ0n) is 12.2. The summed E-state index contributed by atoms with van der Waals surface area (Å²) in [6, 6.07) is 6.33. The maximum Gasteiger partial charge on any atom is 0.139 e. The number of halogens is 4. The zero-order valence-corrected chi connectivity index (χ0v) is 15.4. The first-order valence-electron chi connectivity index (χ1n) is 6.83. The number of thiophene rings is 1. The van der Waals surface area contributed by atoms with Crippen LogP contribution >= 0.6 is 47.8 Å². The molecular formula is C15H18Cl3FN2OS. The number of nitrogens with zero attached hydrogens (tertiary/aromatic N) is 1. The Morgan fingerprint density at radius 3 is 2.57 bits per heavy atom. The Hall–Kier alpha value is -0.560. The van der Waals surface area contributed by atoms with Crippen LogP contribution in [0.2, 0.25) is 5.02 Å². The van der Waals surface area contributed by atoms with Crippen LogP contribution < -0.4 is 5.32 Å². The second kappa shape index (κ2) is 9.06. The number of hydrogen-bond donors (Lipinski definition) is 2. The predicted molar refractivity (Wildman–Crippen MR) is 98.2 cm³/mol. The van der Waals surface area contributed by atoms with Crippen molar-refractivity contribution < 1.29 is 9.50 Å². The summed E-state index contributed by atoms with van der Waals surface area (Å²) < 4.78 is 13.8. The molecule has 3 nitrogen and oxygen atoms in total. The monoisotopic (exact) mass is 398 g/mol. The topological polar surface area (TPSA) is 35.5 Å². The highest BCUT2D eigenvalue weighted by Crippen LogP contribution is 2.40.